The Balaban J connectivity index is 6.45. The SMILES string of the molecule is CC(C)(C)[Si](C)(C)OCCCCCCCC/C=C/[C@@H](OCOCC[Si](C)(C)C)[C@@H](O)CC[C@@H](O[Si](C)(C)C(C)(C)C)[C@@H](CC[C@H](O)[C@@H](/C=C/CCCCCCCCO[Si](C)(C)C(C)(C)C)OCOCC[Si](C)(C)C)O[Si](C)(C)C(C)(C)C. The van der Waals surface area contributed by atoms with Crippen LogP contribution in [-0.2, 0) is 36.7 Å². The molecule has 0 rings (SSSR count). The summed E-state index contributed by atoms with van der Waals surface area (Å²) in [5.41, 5.74) is 0. The molecule has 0 aliphatic rings. The molecule has 0 aliphatic carbocycles. The first-order valence-electron chi connectivity index (χ1n) is 33.1. The Morgan fingerprint density at radius 2 is 0.634 bits per heavy atom. The fraction of sp³-hybridized carbons (Fsp3) is 0.939. The minimum absolute atomic E-state index is 0.0512. The zero-order valence-electron chi connectivity index (χ0n) is 59.3. The lowest BCUT2D eigenvalue weighted by molar-refractivity contribution is -0.110. The second kappa shape index (κ2) is 38.8. The van der Waals surface area contributed by atoms with Gasteiger partial charge in [-0.2, -0.15) is 0 Å². The van der Waals surface area contributed by atoms with Crippen LogP contribution in [0.3, 0.4) is 0 Å². The molecule has 0 saturated carbocycles. The number of unbranched alkanes of at least 4 members (excludes halogenated alkanes) is 12. The van der Waals surface area contributed by atoms with Crippen LogP contribution in [0.4, 0.5) is 0 Å². The van der Waals surface area contributed by atoms with Gasteiger partial charge in [0.15, 0.2) is 33.3 Å². The topological polar surface area (TPSA) is 114 Å². The maximum atomic E-state index is 12.2. The van der Waals surface area contributed by atoms with Gasteiger partial charge in [-0.3, -0.25) is 0 Å². The summed E-state index contributed by atoms with van der Waals surface area (Å²) in [7, 11) is -10.6. The second-order valence-corrected chi connectivity index (χ2v) is 63.3. The van der Waals surface area contributed by atoms with Gasteiger partial charge in [-0.1, -0.05) is 198 Å². The van der Waals surface area contributed by atoms with Gasteiger partial charge in [0, 0.05) is 42.6 Å². The minimum atomic E-state index is -2.36. The van der Waals surface area contributed by atoms with Crippen LogP contribution in [0.2, 0.25) is 124 Å². The molecule has 6 atom stereocenters. The van der Waals surface area contributed by atoms with E-state index in [1.807, 2.05) is 0 Å². The summed E-state index contributed by atoms with van der Waals surface area (Å²) in [4.78, 5) is 0. The normalized spacial score (nSPS) is 16.6. The van der Waals surface area contributed by atoms with Crippen LogP contribution in [-0.4, -0.2) is 136 Å². The molecule has 0 fully saturated rings. The predicted octanol–water partition coefficient (Wildman–Crippen LogP) is 20.1. The second-order valence-electron chi connectivity index (χ2n) is 33.0. The zero-order chi connectivity index (χ0) is 63.3. The number of hydrogen-bond acceptors (Lipinski definition) is 10. The van der Waals surface area contributed by atoms with Crippen molar-refractivity contribution in [3.63, 3.8) is 0 Å². The lowest BCUT2D eigenvalue weighted by atomic mass is 9.97. The summed E-state index contributed by atoms with van der Waals surface area (Å²) >= 11 is 0. The standard InChI is InChI=1S/C66H142O10Si6/c1-63(2,3)79(19,20)73-49-41-37-33-29-27-31-35-39-43-59(71-55-69-51-53-77(13,14)15)57(67)45-47-61(75-81(23,24)65(7,8)9)62(76-82(25,26)66(10,11)12)48-46-58(68)60(72-56-70-52-54-78(16,17)18)44-40-36-32-28-30-34-38-42-50-74-80(21,22)64(4,5)6/h39-40,43-44,57-62,67-68H,27-38,41-42,45-56H2,1-26H3/b43-39+,44-40+/t57-,58-,59+,60+,61+,62+/m0/s1. The average molecular weight is 1260 g/mol. The van der Waals surface area contributed by atoms with Crippen molar-refractivity contribution in [2.24, 2.45) is 0 Å². The van der Waals surface area contributed by atoms with Gasteiger partial charge in [0.25, 0.3) is 0 Å². The van der Waals surface area contributed by atoms with Crippen molar-refractivity contribution in [2.45, 2.75) is 359 Å². The fourth-order valence-corrected chi connectivity index (χ4v) is 14.6. The van der Waals surface area contributed by atoms with Crippen LogP contribution in [0.25, 0.3) is 0 Å². The van der Waals surface area contributed by atoms with Gasteiger partial charge in [0.05, 0.1) is 24.4 Å². The Morgan fingerprint density at radius 1 is 0.354 bits per heavy atom. The van der Waals surface area contributed by atoms with Gasteiger partial charge >= 0.3 is 0 Å². The molecular weight excluding hydrogens is 1120 g/mol. The van der Waals surface area contributed by atoms with Crippen LogP contribution in [0.5, 0.6) is 0 Å². The van der Waals surface area contributed by atoms with Gasteiger partial charge in [-0.05, 0) is 149 Å². The molecule has 0 aliphatic heterocycles. The first-order chi connectivity index (χ1) is 37.4. The quantitative estimate of drug-likeness (QED) is 0.0264. The first-order valence-corrected chi connectivity index (χ1v) is 52.1. The lowest BCUT2D eigenvalue weighted by Crippen LogP contribution is -2.52. The third-order valence-corrected chi connectivity index (χ3v) is 40.1. The first kappa shape index (κ1) is 82.4. The van der Waals surface area contributed by atoms with Crippen molar-refractivity contribution in [3.05, 3.63) is 24.3 Å². The minimum Gasteiger partial charge on any atom is -0.417 e. The molecule has 0 bridgehead atoms. The van der Waals surface area contributed by atoms with Crippen LogP contribution >= 0.6 is 0 Å². The summed E-state index contributed by atoms with van der Waals surface area (Å²) in [6.45, 7) is 63.7. The lowest BCUT2D eigenvalue weighted by Gasteiger charge is -2.45. The monoisotopic (exact) mass is 1260 g/mol. The number of rotatable bonds is 47. The van der Waals surface area contributed by atoms with Crippen molar-refractivity contribution < 1.29 is 46.9 Å². The summed E-state index contributed by atoms with van der Waals surface area (Å²) in [6.07, 6.45) is 23.5. The molecule has 0 spiro atoms. The summed E-state index contributed by atoms with van der Waals surface area (Å²) in [5, 5.41) is 24.8. The van der Waals surface area contributed by atoms with Crippen LogP contribution in [0, 0.1) is 0 Å². The van der Waals surface area contributed by atoms with Crippen LogP contribution in [0.15, 0.2) is 24.3 Å². The molecule has 0 aromatic rings. The highest BCUT2D eigenvalue weighted by Gasteiger charge is 2.45. The Bertz CT molecular complexity index is 1560. The largest absolute Gasteiger partial charge is 0.417 e. The maximum absolute atomic E-state index is 12.2. The van der Waals surface area contributed by atoms with Crippen LogP contribution in [0.1, 0.15) is 199 Å². The van der Waals surface area contributed by atoms with Crippen molar-refractivity contribution in [2.75, 3.05) is 40.0 Å². The Labute approximate surface area is 516 Å². The number of hydrogen-bond donors (Lipinski definition) is 2. The molecule has 0 radical (unpaired) electrons. The Kier molecular flexibility index (Phi) is 39.0. The van der Waals surface area contributed by atoms with E-state index >= 15 is 0 Å². The highest BCUT2D eigenvalue weighted by molar-refractivity contribution is 6.77. The molecule has 2 N–H and O–H groups in total. The van der Waals surface area contributed by atoms with Crippen molar-refractivity contribution in [1.82, 2.24) is 0 Å². The van der Waals surface area contributed by atoms with E-state index in [0.29, 0.717) is 38.9 Å². The van der Waals surface area contributed by atoms with Crippen molar-refractivity contribution in [1.29, 1.82) is 0 Å². The average Bonchev–Trinajstić information content (AvgIpc) is 3.31. The molecule has 0 unspecified atom stereocenters. The Morgan fingerprint density at radius 3 is 0.915 bits per heavy atom. The van der Waals surface area contributed by atoms with E-state index in [4.69, 9.17) is 36.7 Å². The van der Waals surface area contributed by atoms with Crippen molar-refractivity contribution >= 4 is 49.4 Å². The van der Waals surface area contributed by atoms with Crippen LogP contribution < -0.4 is 0 Å². The van der Waals surface area contributed by atoms with E-state index in [1.165, 1.54) is 51.4 Å². The summed E-state index contributed by atoms with van der Waals surface area (Å²) in [6, 6.07) is 2.12. The predicted molar refractivity (Wildman–Crippen MR) is 372 cm³/mol. The van der Waals surface area contributed by atoms with Gasteiger partial charge < -0.3 is 46.9 Å². The molecule has 0 aromatic carbocycles. The number of allylic oxidation sites excluding steroid dienone is 2. The van der Waals surface area contributed by atoms with E-state index in [1.54, 1.807) is 0 Å². The van der Waals surface area contributed by atoms with Crippen molar-refractivity contribution in [3.8, 4) is 0 Å². The van der Waals surface area contributed by atoms with Gasteiger partial charge in [0.1, 0.15) is 25.8 Å². The zero-order valence-corrected chi connectivity index (χ0v) is 65.3. The smallest absolute Gasteiger partial charge is 0.192 e. The highest BCUT2D eigenvalue weighted by Crippen LogP contribution is 2.43. The molecule has 82 heavy (non-hydrogen) atoms. The van der Waals surface area contributed by atoms with Gasteiger partial charge in [-0.25, -0.2) is 0 Å². The number of ether oxygens (including phenoxy) is 4. The van der Waals surface area contributed by atoms with Gasteiger partial charge in [0.2, 0.25) is 0 Å². The molecule has 0 heterocycles. The maximum Gasteiger partial charge on any atom is 0.192 e. The summed E-state index contributed by atoms with van der Waals surface area (Å²) < 4.78 is 52.7. The van der Waals surface area contributed by atoms with E-state index in [2.05, 4.69) is 199 Å². The molecule has 0 aromatic heterocycles. The van der Waals surface area contributed by atoms with E-state index in [-0.39, 0.29) is 45.9 Å². The molecule has 0 amide bonds. The van der Waals surface area contributed by atoms with Gasteiger partial charge in [-0.15, -0.1) is 0 Å². The van der Waals surface area contributed by atoms with E-state index in [9.17, 15) is 10.2 Å². The molecule has 0 saturated heterocycles. The fourth-order valence-electron chi connectivity index (χ4n) is 8.16. The van der Waals surface area contributed by atoms with E-state index < -0.39 is 73.8 Å². The molecule has 490 valence electrons. The number of aliphatic hydroxyl groups excluding tert-OH is 2. The molecule has 16 heteroatoms. The summed E-state index contributed by atoms with van der Waals surface area (Å²) in [5.74, 6) is 0. The third-order valence-electron chi connectivity index (χ3n) is 18.6. The van der Waals surface area contributed by atoms with E-state index in [0.717, 1.165) is 63.8 Å². The Hall–Kier alpha value is 0.381. The molecule has 10 nitrogen and oxygen atoms in total. The highest BCUT2D eigenvalue weighted by atomic mass is 28.4. The number of aliphatic hydroxyl groups is 2. The third kappa shape index (κ3) is 37.4. The molecular formula is C66H142O10Si6.